The van der Waals surface area contributed by atoms with Gasteiger partial charge in [0.1, 0.15) is 0 Å². The maximum atomic E-state index is 12.4. The van der Waals surface area contributed by atoms with E-state index in [1.54, 1.807) is 12.5 Å². The SMILES string of the molecule is CN(C)c1cccc(C(=O)Nc2ccc(-n3ccnc3)cc2)c1. The first kappa shape index (κ1) is 14.8. The van der Waals surface area contributed by atoms with Crippen LogP contribution < -0.4 is 10.2 Å². The molecule has 3 rings (SSSR count). The van der Waals surface area contributed by atoms with E-state index in [2.05, 4.69) is 10.3 Å². The molecule has 0 saturated carbocycles. The Morgan fingerprint density at radius 3 is 2.57 bits per heavy atom. The van der Waals surface area contributed by atoms with Crippen LogP contribution in [0.4, 0.5) is 11.4 Å². The van der Waals surface area contributed by atoms with Gasteiger partial charge >= 0.3 is 0 Å². The van der Waals surface area contributed by atoms with Gasteiger partial charge in [0.2, 0.25) is 0 Å². The van der Waals surface area contributed by atoms with Crippen molar-refractivity contribution in [3.63, 3.8) is 0 Å². The van der Waals surface area contributed by atoms with Gasteiger partial charge in [-0.05, 0) is 42.5 Å². The van der Waals surface area contributed by atoms with E-state index < -0.39 is 0 Å². The van der Waals surface area contributed by atoms with Crippen LogP contribution in [0, 0.1) is 0 Å². The van der Waals surface area contributed by atoms with Gasteiger partial charge in [0.25, 0.3) is 5.91 Å². The van der Waals surface area contributed by atoms with E-state index in [4.69, 9.17) is 0 Å². The summed E-state index contributed by atoms with van der Waals surface area (Å²) < 4.78 is 1.91. The van der Waals surface area contributed by atoms with Crippen LogP contribution in [-0.4, -0.2) is 29.6 Å². The lowest BCUT2D eigenvalue weighted by atomic mass is 10.1. The summed E-state index contributed by atoms with van der Waals surface area (Å²) in [5.41, 5.74) is 3.38. The number of aromatic nitrogens is 2. The van der Waals surface area contributed by atoms with E-state index in [-0.39, 0.29) is 5.91 Å². The predicted octanol–water partition coefficient (Wildman–Crippen LogP) is 3.19. The molecule has 1 N–H and O–H groups in total. The Morgan fingerprint density at radius 1 is 1.13 bits per heavy atom. The number of amides is 1. The zero-order valence-corrected chi connectivity index (χ0v) is 13.1. The molecule has 0 spiro atoms. The van der Waals surface area contributed by atoms with Crippen molar-refractivity contribution in [1.82, 2.24) is 9.55 Å². The summed E-state index contributed by atoms with van der Waals surface area (Å²) in [6.07, 6.45) is 5.34. The number of carbonyl (C=O) groups is 1. The van der Waals surface area contributed by atoms with Crippen LogP contribution in [0.1, 0.15) is 10.4 Å². The third kappa shape index (κ3) is 3.40. The third-order valence-electron chi connectivity index (χ3n) is 3.55. The highest BCUT2D eigenvalue weighted by molar-refractivity contribution is 6.04. The Balaban J connectivity index is 1.74. The average molecular weight is 306 g/mol. The van der Waals surface area contributed by atoms with E-state index in [1.807, 2.05) is 78.3 Å². The Morgan fingerprint density at radius 2 is 1.91 bits per heavy atom. The van der Waals surface area contributed by atoms with Gasteiger partial charge in [-0.2, -0.15) is 0 Å². The first-order chi connectivity index (χ1) is 11.1. The molecule has 1 amide bonds. The molecule has 5 heteroatoms. The molecule has 0 radical (unpaired) electrons. The molecule has 0 atom stereocenters. The third-order valence-corrected chi connectivity index (χ3v) is 3.55. The minimum Gasteiger partial charge on any atom is -0.378 e. The molecular formula is C18H18N4O. The zero-order valence-electron chi connectivity index (χ0n) is 13.1. The Kier molecular flexibility index (Phi) is 4.10. The largest absolute Gasteiger partial charge is 0.378 e. The summed E-state index contributed by atoms with van der Waals surface area (Å²) in [5.74, 6) is -0.121. The fourth-order valence-corrected chi connectivity index (χ4v) is 2.26. The number of hydrogen-bond donors (Lipinski definition) is 1. The van der Waals surface area contributed by atoms with Crippen molar-refractivity contribution in [2.45, 2.75) is 0 Å². The fourth-order valence-electron chi connectivity index (χ4n) is 2.26. The second-order valence-electron chi connectivity index (χ2n) is 5.42. The van der Waals surface area contributed by atoms with Gasteiger partial charge in [0.15, 0.2) is 0 Å². The highest BCUT2D eigenvalue weighted by Gasteiger charge is 2.07. The van der Waals surface area contributed by atoms with E-state index in [0.717, 1.165) is 17.1 Å². The lowest BCUT2D eigenvalue weighted by molar-refractivity contribution is 0.102. The molecule has 116 valence electrons. The van der Waals surface area contributed by atoms with Crippen LogP contribution in [0.3, 0.4) is 0 Å². The molecule has 0 aliphatic heterocycles. The van der Waals surface area contributed by atoms with Crippen LogP contribution in [-0.2, 0) is 0 Å². The number of nitrogens with zero attached hydrogens (tertiary/aromatic N) is 3. The van der Waals surface area contributed by atoms with Crippen LogP contribution in [0.5, 0.6) is 0 Å². The number of imidazole rings is 1. The summed E-state index contributed by atoms with van der Waals surface area (Å²) in [6.45, 7) is 0. The Hall–Kier alpha value is -3.08. The van der Waals surface area contributed by atoms with Gasteiger partial charge in [0, 0.05) is 49.1 Å². The van der Waals surface area contributed by atoms with Crippen molar-refractivity contribution in [3.8, 4) is 5.69 Å². The smallest absolute Gasteiger partial charge is 0.255 e. The number of anilines is 2. The topological polar surface area (TPSA) is 50.2 Å². The summed E-state index contributed by atoms with van der Waals surface area (Å²) in [4.78, 5) is 18.3. The zero-order chi connectivity index (χ0) is 16.2. The maximum Gasteiger partial charge on any atom is 0.255 e. The molecular weight excluding hydrogens is 288 g/mol. The van der Waals surface area contributed by atoms with E-state index in [9.17, 15) is 4.79 Å². The summed E-state index contributed by atoms with van der Waals surface area (Å²) >= 11 is 0. The normalized spacial score (nSPS) is 10.3. The Labute approximate surface area is 135 Å². The molecule has 0 aliphatic carbocycles. The number of rotatable bonds is 4. The van der Waals surface area contributed by atoms with Crippen molar-refractivity contribution in [2.75, 3.05) is 24.3 Å². The first-order valence-corrected chi connectivity index (χ1v) is 7.30. The van der Waals surface area contributed by atoms with E-state index >= 15 is 0 Å². The van der Waals surface area contributed by atoms with Crippen molar-refractivity contribution in [3.05, 3.63) is 72.8 Å². The standard InChI is InChI=1S/C18H18N4O/c1-21(2)17-5-3-4-14(12-17)18(23)20-15-6-8-16(9-7-15)22-11-10-19-13-22/h3-13H,1-2H3,(H,20,23). The molecule has 1 heterocycles. The van der Waals surface area contributed by atoms with Crippen molar-refractivity contribution in [1.29, 1.82) is 0 Å². The van der Waals surface area contributed by atoms with E-state index in [1.165, 1.54) is 0 Å². The van der Waals surface area contributed by atoms with Crippen LogP contribution in [0.2, 0.25) is 0 Å². The van der Waals surface area contributed by atoms with Crippen molar-refractivity contribution in [2.24, 2.45) is 0 Å². The number of nitrogens with one attached hydrogen (secondary N) is 1. The molecule has 2 aromatic carbocycles. The second-order valence-corrected chi connectivity index (χ2v) is 5.42. The van der Waals surface area contributed by atoms with Gasteiger partial charge in [-0.3, -0.25) is 4.79 Å². The molecule has 0 aliphatic rings. The van der Waals surface area contributed by atoms with Gasteiger partial charge in [-0.25, -0.2) is 4.98 Å². The van der Waals surface area contributed by atoms with E-state index in [0.29, 0.717) is 5.56 Å². The van der Waals surface area contributed by atoms with Crippen molar-refractivity contribution >= 4 is 17.3 Å². The quantitative estimate of drug-likeness (QED) is 0.805. The first-order valence-electron chi connectivity index (χ1n) is 7.30. The highest BCUT2D eigenvalue weighted by Crippen LogP contribution is 2.17. The molecule has 0 fully saturated rings. The van der Waals surface area contributed by atoms with Gasteiger partial charge < -0.3 is 14.8 Å². The lowest BCUT2D eigenvalue weighted by Gasteiger charge is -2.13. The minimum atomic E-state index is -0.121. The number of carbonyl (C=O) groups excluding carboxylic acids is 1. The fraction of sp³-hybridized carbons (Fsp3) is 0.111. The monoisotopic (exact) mass is 306 g/mol. The molecule has 5 nitrogen and oxygen atoms in total. The molecule has 0 bridgehead atoms. The highest BCUT2D eigenvalue weighted by atomic mass is 16.1. The second kappa shape index (κ2) is 6.36. The molecule has 0 saturated heterocycles. The van der Waals surface area contributed by atoms with Crippen LogP contribution in [0.25, 0.3) is 5.69 Å². The average Bonchev–Trinajstić information content (AvgIpc) is 3.10. The lowest BCUT2D eigenvalue weighted by Crippen LogP contribution is -2.14. The molecule has 1 aromatic heterocycles. The predicted molar refractivity (Wildman–Crippen MR) is 92.3 cm³/mol. The Bertz CT molecular complexity index is 792. The van der Waals surface area contributed by atoms with Gasteiger partial charge in [-0.15, -0.1) is 0 Å². The summed E-state index contributed by atoms with van der Waals surface area (Å²) in [6, 6.07) is 15.2. The molecule has 3 aromatic rings. The molecule has 23 heavy (non-hydrogen) atoms. The summed E-state index contributed by atoms with van der Waals surface area (Å²) in [5, 5.41) is 2.91. The maximum absolute atomic E-state index is 12.4. The van der Waals surface area contributed by atoms with Crippen LogP contribution in [0.15, 0.2) is 67.3 Å². The summed E-state index contributed by atoms with van der Waals surface area (Å²) in [7, 11) is 3.90. The van der Waals surface area contributed by atoms with Crippen molar-refractivity contribution < 1.29 is 4.79 Å². The number of benzene rings is 2. The van der Waals surface area contributed by atoms with Gasteiger partial charge in [-0.1, -0.05) is 6.07 Å². The number of hydrogen-bond acceptors (Lipinski definition) is 3. The van der Waals surface area contributed by atoms with Crippen LogP contribution >= 0.6 is 0 Å². The van der Waals surface area contributed by atoms with Gasteiger partial charge in [0.05, 0.1) is 6.33 Å². The minimum absolute atomic E-state index is 0.121. The molecule has 0 unspecified atom stereocenters.